The van der Waals surface area contributed by atoms with Crippen molar-refractivity contribution < 1.29 is 14.8 Å². The van der Waals surface area contributed by atoms with E-state index in [4.69, 9.17) is 14.8 Å². The van der Waals surface area contributed by atoms with Crippen LogP contribution in [-0.4, -0.2) is 48.3 Å². The summed E-state index contributed by atoms with van der Waals surface area (Å²) in [6.07, 6.45) is 4.92. The van der Waals surface area contributed by atoms with Gasteiger partial charge in [-0.25, -0.2) is 0 Å². The van der Waals surface area contributed by atoms with Gasteiger partial charge in [0.15, 0.2) is 0 Å². The van der Waals surface area contributed by atoms with E-state index < -0.39 is 7.12 Å². The lowest BCUT2D eigenvalue weighted by molar-refractivity contribution is 0.153. The number of piperidine rings is 1. The monoisotopic (exact) mass is 277 g/mol. The molecule has 1 heterocycles. The second kappa shape index (κ2) is 7.11. The zero-order valence-electron chi connectivity index (χ0n) is 12.4. The Kier molecular flexibility index (Phi) is 5.46. The molecule has 1 aromatic rings. The van der Waals surface area contributed by atoms with E-state index in [-0.39, 0.29) is 0 Å². The Labute approximate surface area is 121 Å². The highest BCUT2D eigenvalue weighted by molar-refractivity contribution is 6.58. The SMILES string of the molecule is Cc1cc(B(O)O)ccc1OCCC1CCCCN1C. The first-order chi connectivity index (χ1) is 9.58. The average Bonchev–Trinajstić information content (AvgIpc) is 2.42. The van der Waals surface area contributed by atoms with Crippen LogP contribution in [0.5, 0.6) is 5.75 Å². The second-order valence-electron chi connectivity index (χ2n) is 5.67. The van der Waals surface area contributed by atoms with E-state index >= 15 is 0 Å². The number of aryl methyl sites for hydroxylation is 1. The summed E-state index contributed by atoms with van der Waals surface area (Å²) in [6.45, 7) is 3.82. The van der Waals surface area contributed by atoms with Gasteiger partial charge in [0.2, 0.25) is 0 Å². The molecule has 0 aliphatic carbocycles. The lowest BCUT2D eigenvalue weighted by Crippen LogP contribution is -2.37. The summed E-state index contributed by atoms with van der Waals surface area (Å²) in [5.74, 6) is 0.827. The summed E-state index contributed by atoms with van der Waals surface area (Å²) in [6, 6.07) is 5.89. The number of likely N-dealkylation sites (tertiary alicyclic amines) is 1. The molecule has 1 unspecified atom stereocenters. The van der Waals surface area contributed by atoms with Crippen molar-refractivity contribution in [2.75, 3.05) is 20.2 Å². The van der Waals surface area contributed by atoms with Crippen LogP contribution in [0.25, 0.3) is 0 Å². The van der Waals surface area contributed by atoms with E-state index in [1.54, 1.807) is 12.1 Å². The minimum atomic E-state index is -1.42. The molecule has 1 fully saturated rings. The van der Waals surface area contributed by atoms with Gasteiger partial charge in [0.05, 0.1) is 6.61 Å². The first kappa shape index (κ1) is 15.4. The van der Waals surface area contributed by atoms with Gasteiger partial charge >= 0.3 is 7.12 Å². The highest BCUT2D eigenvalue weighted by Gasteiger charge is 2.18. The van der Waals surface area contributed by atoms with Crippen molar-refractivity contribution in [1.29, 1.82) is 0 Å². The number of hydrogen-bond acceptors (Lipinski definition) is 4. The van der Waals surface area contributed by atoms with E-state index in [1.807, 2.05) is 13.0 Å². The molecule has 5 heteroatoms. The largest absolute Gasteiger partial charge is 0.493 e. The van der Waals surface area contributed by atoms with Crippen LogP contribution in [-0.2, 0) is 0 Å². The summed E-state index contributed by atoms with van der Waals surface area (Å²) in [5.41, 5.74) is 1.44. The third-order valence-corrected chi connectivity index (χ3v) is 4.13. The minimum absolute atomic E-state index is 0.502. The molecular formula is C15H24BNO3. The van der Waals surface area contributed by atoms with Crippen molar-refractivity contribution in [3.05, 3.63) is 23.8 Å². The van der Waals surface area contributed by atoms with Gasteiger partial charge in [0.25, 0.3) is 0 Å². The van der Waals surface area contributed by atoms with E-state index in [0.29, 0.717) is 18.1 Å². The third kappa shape index (κ3) is 3.98. The van der Waals surface area contributed by atoms with Gasteiger partial charge in [0, 0.05) is 6.04 Å². The molecule has 20 heavy (non-hydrogen) atoms. The summed E-state index contributed by atoms with van der Waals surface area (Å²) >= 11 is 0. The van der Waals surface area contributed by atoms with Crippen molar-refractivity contribution in [3.8, 4) is 5.75 Å². The standard InChI is InChI=1S/C15H24BNO3/c1-12-11-13(16(18)19)6-7-15(12)20-10-8-14-5-3-4-9-17(14)2/h6-7,11,14,18-19H,3-5,8-10H2,1-2H3. The quantitative estimate of drug-likeness (QED) is 0.786. The van der Waals surface area contributed by atoms with Crippen LogP contribution >= 0.6 is 0 Å². The maximum absolute atomic E-state index is 9.12. The van der Waals surface area contributed by atoms with E-state index in [0.717, 1.165) is 17.7 Å². The third-order valence-electron chi connectivity index (χ3n) is 4.13. The zero-order chi connectivity index (χ0) is 14.5. The molecule has 0 aromatic heterocycles. The number of ether oxygens (including phenoxy) is 1. The molecule has 2 rings (SSSR count). The average molecular weight is 277 g/mol. The fourth-order valence-electron chi connectivity index (χ4n) is 2.81. The first-order valence-corrected chi connectivity index (χ1v) is 7.37. The zero-order valence-corrected chi connectivity index (χ0v) is 12.4. The minimum Gasteiger partial charge on any atom is -0.493 e. The van der Waals surface area contributed by atoms with E-state index in [9.17, 15) is 0 Å². The van der Waals surface area contributed by atoms with Crippen LogP contribution in [0.15, 0.2) is 18.2 Å². The molecule has 0 radical (unpaired) electrons. The predicted octanol–water partition coefficient (Wildman–Crippen LogP) is 0.928. The molecule has 0 bridgehead atoms. The Balaban J connectivity index is 1.84. The molecule has 2 N–H and O–H groups in total. The number of nitrogens with zero attached hydrogens (tertiary/aromatic N) is 1. The van der Waals surface area contributed by atoms with Crippen LogP contribution < -0.4 is 10.2 Å². The summed E-state index contributed by atoms with van der Waals surface area (Å²) in [4.78, 5) is 2.42. The van der Waals surface area contributed by atoms with Crippen LogP contribution in [0.1, 0.15) is 31.2 Å². The van der Waals surface area contributed by atoms with Gasteiger partial charge in [-0.15, -0.1) is 0 Å². The summed E-state index contributed by atoms with van der Waals surface area (Å²) in [7, 11) is 0.769. The maximum Gasteiger partial charge on any atom is 0.488 e. The molecule has 1 aliphatic heterocycles. The molecule has 0 saturated carbocycles. The number of hydrogen-bond donors (Lipinski definition) is 2. The maximum atomic E-state index is 9.12. The van der Waals surface area contributed by atoms with Crippen molar-refractivity contribution in [1.82, 2.24) is 4.90 Å². The molecule has 1 aliphatic rings. The Morgan fingerprint density at radius 2 is 2.15 bits per heavy atom. The van der Waals surface area contributed by atoms with Gasteiger partial charge < -0.3 is 19.7 Å². The van der Waals surface area contributed by atoms with Gasteiger partial charge in [-0.1, -0.05) is 18.6 Å². The second-order valence-corrected chi connectivity index (χ2v) is 5.67. The van der Waals surface area contributed by atoms with Crippen LogP contribution in [0.3, 0.4) is 0 Å². The fraction of sp³-hybridized carbons (Fsp3) is 0.600. The van der Waals surface area contributed by atoms with Gasteiger partial charge in [-0.3, -0.25) is 0 Å². The Morgan fingerprint density at radius 3 is 2.80 bits per heavy atom. The van der Waals surface area contributed by atoms with Crippen LogP contribution in [0.2, 0.25) is 0 Å². The van der Waals surface area contributed by atoms with Crippen molar-refractivity contribution in [2.24, 2.45) is 0 Å². The molecule has 110 valence electrons. The van der Waals surface area contributed by atoms with Gasteiger partial charge in [0.1, 0.15) is 5.75 Å². The molecule has 1 atom stereocenters. The van der Waals surface area contributed by atoms with Crippen LogP contribution in [0, 0.1) is 6.92 Å². The van der Waals surface area contributed by atoms with Crippen LogP contribution in [0.4, 0.5) is 0 Å². The van der Waals surface area contributed by atoms with E-state index in [1.165, 1.54) is 25.8 Å². The number of benzene rings is 1. The highest BCUT2D eigenvalue weighted by atomic mass is 16.5. The smallest absolute Gasteiger partial charge is 0.488 e. The molecule has 0 amide bonds. The Bertz CT molecular complexity index is 439. The van der Waals surface area contributed by atoms with Gasteiger partial charge in [-0.05, 0) is 56.9 Å². The normalized spacial score (nSPS) is 19.9. The number of rotatable bonds is 5. The predicted molar refractivity (Wildman–Crippen MR) is 81.4 cm³/mol. The Morgan fingerprint density at radius 1 is 1.35 bits per heavy atom. The van der Waals surface area contributed by atoms with Gasteiger partial charge in [-0.2, -0.15) is 0 Å². The molecule has 1 saturated heterocycles. The topological polar surface area (TPSA) is 52.9 Å². The Hall–Kier alpha value is -1.04. The summed E-state index contributed by atoms with van der Waals surface area (Å²) < 4.78 is 5.83. The molecule has 4 nitrogen and oxygen atoms in total. The molecule has 0 spiro atoms. The van der Waals surface area contributed by atoms with E-state index in [2.05, 4.69) is 11.9 Å². The lowest BCUT2D eigenvalue weighted by Gasteiger charge is -2.32. The highest BCUT2D eigenvalue weighted by Crippen LogP contribution is 2.20. The summed E-state index contributed by atoms with van der Waals surface area (Å²) in [5, 5.41) is 18.2. The van der Waals surface area contributed by atoms with Crippen molar-refractivity contribution >= 4 is 12.6 Å². The van der Waals surface area contributed by atoms with Crippen molar-refractivity contribution in [2.45, 2.75) is 38.6 Å². The van der Waals surface area contributed by atoms with Crippen molar-refractivity contribution in [3.63, 3.8) is 0 Å². The lowest BCUT2D eigenvalue weighted by atomic mass is 9.79. The first-order valence-electron chi connectivity index (χ1n) is 7.37. The molecule has 1 aromatic carbocycles. The fourth-order valence-corrected chi connectivity index (χ4v) is 2.81. The molecular weight excluding hydrogens is 253 g/mol.